The number of piperazine rings is 1. The van der Waals surface area contributed by atoms with Crippen molar-refractivity contribution in [2.75, 3.05) is 47.9 Å². The highest BCUT2D eigenvalue weighted by atomic mass is 35.5. The van der Waals surface area contributed by atoms with Crippen LogP contribution in [0.15, 0.2) is 48.5 Å². The fraction of sp³-hybridized carbons (Fsp3) is 0.318. The van der Waals surface area contributed by atoms with E-state index in [2.05, 4.69) is 29.9 Å². The SMILES string of the molecule is FC(F)(F)COc1nc(Nc2ccc(OC(F)(F)F)cc2)nc(N2CCN(c3cccc(Cl)c3)CC2)n1. The Balaban J connectivity index is 1.51. The van der Waals surface area contributed by atoms with Gasteiger partial charge in [0.05, 0.1) is 0 Å². The van der Waals surface area contributed by atoms with Crippen molar-refractivity contribution in [1.29, 1.82) is 0 Å². The molecule has 198 valence electrons. The molecule has 3 aromatic rings. The molecule has 1 saturated heterocycles. The van der Waals surface area contributed by atoms with Crippen LogP contribution in [0.5, 0.6) is 11.8 Å². The van der Waals surface area contributed by atoms with E-state index in [4.69, 9.17) is 16.3 Å². The van der Waals surface area contributed by atoms with E-state index in [9.17, 15) is 26.3 Å². The number of hydrogen-bond acceptors (Lipinski definition) is 8. The number of hydrogen-bond donors (Lipinski definition) is 1. The van der Waals surface area contributed by atoms with E-state index >= 15 is 0 Å². The first kappa shape index (κ1) is 26.4. The van der Waals surface area contributed by atoms with Crippen molar-refractivity contribution in [3.8, 4) is 11.8 Å². The molecule has 0 atom stereocenters. The van der Waals surface area contributed by atoms with E-state index in [1.54, 1.807) is 11.0 Å². The van der Waals surface area contributed by atoms with Gasteiger partial charge >= 0.3 is 18.5 Å². The van der Waals surface area contributed by atoms with Crippen molar-refractivity contribution >= 4 is 34.9 Å². The van der Waals surface area contributed by atoms with Crippen LogP contribution < -0.4 is 24.6 Å². The van der Waals surface area contributed by atoms with Gasteiger partial charge in [-0.1, -0.05) is 17.7 Å². The monoisotopic (exact) mass is 548 g/mol. The van der Waals surface area contributed by atoms with Gasteiger partial charge in [-0.15, -0.1) is 13.2 Å². The minimum absolute atomic E-state index is 0.0810. The highest BCUT2D eigenvalue weighted by molar-refractivity contribution is 6.30. The van der Waals surface area contributed by atoms with E-state index in [1.807, 2.05) is 18.2 Å². The molecule has 2 aromatic carbocycles. The molecule has 1 aliphatic heterocycles. The Hall–Kier alpha value is -3.68. The maximum atomic E-state index is 12.7. The third-order valence-corrected chi connectivity index (χ3v) is 5.28. The Morgan fingerprint density at radius 1 is 0.865 bits per heavy atom. The summed E-state index contributed by atoms with van der Waals surface area (Å²) in [7, 11) is 0. The molecule has 4 rings (SSSR count). The standard InChI is InChI=1S/C22H19ClF6N6O2/c23-14-2-1-3-16(12-14)34-8-10-35(11-9-34)19-31-18(32-20(33-19)36-13-21(24,25)26)30-15-4-6-17(7-5-15)37-22(27,28)29/h1-7,12H,8-11,13H2,(H,30,31,32,33). The third-order valence-electron chi connectivity index (χ3n) is 5.05. The average Bonchev–Trinajstić information content (AvgIpc) is 2.83. The summed E-state index contributed by atoms with van der Waals surface area (Å²) in [4.78, 5) is 16.0. The molecule has 0 radical (unpaired) electrons. The van der Waals surface area contributed by atoms with Crippen LogP contribution in [0.25, 0.3) is 0 Å². The van der Waals surface area contributed by atoms with Gasteiger partial charge in [0.25, 0.3) is 0 Å². The summed E-state index contributed by atoms with van der Waals surface area (Å²) in [6.07, 6.45) is -9.46. The molecule has 0 aliphatic carbocycles. The van der Waals surface area contributed by atoms with Gasteiger partial charge < -0.3 is 24.6 Å². The molecule has 0 spiro atoms. The van der Waals surface area contributed by atoms with E-state index in [1.165, 1.54) is 12.1 Å². The number of aromatic nitrogens is 3. The molecule has 0 bridgehead atoms. The molecular formula is C22H19ClF6N6O2. The summed E-state index contributed by atoms with van der Waals surface area (Å²) in [6, 6.07) is 11.5. The Morgan fingerprint density at radius 2 is 1.54 bits per heavy atom. The number of benzene rings is 2. The number of nitrogens with zero attached hydrogens (tertiary/aromatic N) is 5. The lowest BCUT2D eigenvalue weighted by Crippen LogP contribution is -2.47. The number of alkyl halides is 6. The maximum Gasteiger partial charge on any atom is 0.573 e. The van der Waals surface area contributed by atoms with Gasteiger partial charge in [-0.2, -0.15) is 28.1 Å². The Morgan fingerprint density at radius 3 is 2.16 bits per heavy atom. The zero-order valence-corrected chi connectivity index (χ0v) is 19.6. The fourth-order valence-electron chi connectivity index (χ4n) is 3.46. The lowest BCUT2D eigenvalue weighted by atomic mass is 10.2. The predicted octanol–water partition coefficient (Wildman–Crippen LogP) is 5.43. The normalized spacial score (nSPS) is 14.5. The number of rotatable bonds is 7. The van der Waals surface area contributed by atoms with Crippen LogP contribution in [0.1, 0.15) is 0 Å². The van der Waals surface area contributed by atoms with Gasteiger partial charge in [-0.05, 0) is 42.5 Å². The molecule has 0 unspecified atom stereocenters. The Bertz CT molecular complexity index is 1200. The zero-order chi connectivity index (χ0) is 26.6. The molecule has 37 heavy (non-hydrogen) atoms. The van der Waals surface area contributed by atoms with Crippen molar-refractivity contribution < 1.29 is 35.8 Å². The summed E-state index contributed by atoms with van der Waals surface area (Å²) >= 11 is 6.07. The van der Waals surface area contributed by atoms with Gasteiger partial charge in [0, 0.05) is 42.6 Å². The van der Waals surface area contributed by atoms with Crippen molar-refractivity contribution in [2.45, 2.75) is 12.5 Å². The molecule has 1 N–H and O–H groups in total. The second-order valence-electron chi connectivity index (χ2n) is 7.80. The number of halogens is 7. The Labute approximate surface area is 211 Å². The van der Waals surface area contributed by atoms with E-state index in [-0.39, 0.29) is 17.6 Å². The lowest BCUT2D eigenvalue weighted by Gasteiger charge is -2.36. The van der Waals surface area contributed by atoms with Crippen LogP contribution in [-0.4, -0.2) is 60.3 Å². The van der Waals surface area contributed by atoms with Crippen LogP contribution in [0.4, 0.5) is 49.6 Å². The van der Waals surface area contributed by atoms with Gasteiger partial charge in [-0.25, -0.2) is 0 Å². The first-order valence-electron chi connectivity index (χ1n) is 10.8. The fourth-order valence-corrected chi connectivity index (χ4v) is 3.65. The van der Waals surface area contributed by atoms with E-state index in [0.29, 0.717) is 31.2 Å². The quantitative estimate of drug-likeness (QED) is 0.392. The first-order valence-corrected chi connectivity index (χ1v) is 11.2. The van der Waals surface area contributed by atoms with Crippen molar-refractivity contribution in [1.82, 2.24) is 15.0 Å². The third kappa shape index (κ3) is 7.90. The van der Waals surface area contributed by atoms with Crippen LogP contribution in [0.2, 0.25) is 5.02 Å². The topological polar surface area (TPSA) is 75.6 Å². The van der Waals surface area contributed by atoms with Crippen LogP contribution in [0.3, 0.4) is 0 Å². The molecule has 2 heterocycles. The molecule has 1 fully saturated rings. The van der Waals surface area contributed by atoms with Gasteiger partial charge in [0.15, 0.2) is 6.61 Å². The average molecular weight is 549 g/mol. The van der Waals surface area contributed by atoms with E-state index in [0.717, 1.165) is 17.8 Å². The van der Waals surface area contributed by atoms with Crippen LogP contribution in [0, 0.1) is 0 Å². The predicted molar refractivity (Wildman–Crippen MR) is 124 cm³/mol. The smallest absolute Gasteiger partial charge is 0.454 e. The van der Waals surface area contributed by atoms with E-state index < -0.39 is 30.9 Å². The van der Waals surface area contributed by atoms with Gasteiger partial charge in [-0.3, -0.25) is 0 Å². The molecule has 0 saturated carbocycles. The Kier molecular flexibility index (Phi) is 7.66. The first-order chi connectivity index (χ1) is 17.4. The molecule has 1 aliphatic rings. The molecule has 8 nitrogen and oxygen atoms in total. The molecule has 1 aromatic heterocycles. The summed E-state index contributed by atoms with van der Waals surface area (Å²) in [5, 5.41) is 3.33. The van der Waals surface area contributed by atoms with Crippen LogP contribution >= 0.6 is 11.6 Å². The second kappa shape index (κ2) is 10.7. The minimum Gasteiger partial charge on any atom is -0.454 e. The maximum absolute atomic E-state index is 12.7. The summed E-state index contributed by atoms with van der Waals surface area (Å²) in [5.41, 5.74) is 1.19. The van der Waals surface area contributed by atoms with Crippen LogP contribution in [-0.2, 0) is 0 Å². The number of nitrogens with one attached hydrogen (secondary N) is 1. The number of anilines is 4. The molecular weight excluding hydrogens is 530 g/mol. The zero-order valence-electron chi connectivity index (χ0n) is 18.9. The summed E-state index contributed by atoms with van der Waals surface area (Å²) in [6.45, 7) is 0.403. The minimum atomic E-state index is -4.85. The molecule has 0 amide bonds. The van der Waals surface area contributed by atoms with Crippen molar-refractivity contribution in [3.05, 3.63) is 53.6 Å². The summed E-state index contributed by atoms with van der Waals surface area (Å²) in [5.74, 6) is -0.512. The largest absolute Gasteiger partial charge is 0.573 e. The van der Waals surface area contributed by atoms with Gasteiger partial charge in [0.2, 0.25) is 11.9 Å². The second-order valence-corrected chi connectivity index (χ2v) is 8.23. The highest BCUT2D eigenvalue weighted by Gasteiger charge is 2.31. The molecule has 15 heteroatoms. The van der Waals surface area contributed by atoms with Gasteiger partial charge in [0.1, 0.15) is 5.75 Å². The highest BCUT2D eigenvalue weighted by Crippen LogP contribution is 2.27. The lowest BCUT2D eigenvalue weighted by molar-refractivity contribution is -0.274. The number of ether oxygens (including phenoxy) is 2. The van der Waals surface area contributed by atoms with Crippen molar-refractivity contribution in [2.24, 2.45) is 0 Å². The summed E-state index contributed by atoms with van der Waals surface area (Å²) < 4.78 is 83.8. The van der Waals surface area contributed by atoms with Crippen molar-refractivity contribution in [3.63, 3.8) is 0 Å².